The van der Waals surface area contributed by atoms with E-state index in [0.29, 0.717) is 5.69 Å². The SMILES string of the molecule is CC[C@H](C)NC(=O)[C@@H](C)N(Cc1ccccc1C)C(=O)CN(c1ccc(C)cc1)S(C)(=O)=O. The van der Waals surface area contributed by atoms with Crippen LogP contribution < -0.4 is 9.62 Å². The van der Waals surface area contributed by atoms with Crippen LogP contribution in [0.4, 0.5) is 5.69 Å². The van der Waals surface area contributed by atoms with Gasteiger partial charge in [0.25, 0.3) is 0 Å². The van der Waals surface area contributed by atoms with Gasteiger partial charge in [0.15, 0.2) is 0 Å². The third-order valence-corrected chi connectivity index (χ3v) is 6.91. The highest BCUT2D eigenvalue weighted by Crippen LogP contribution is 2.20. The molecule has 180 valence electrons. The quantitative estimate of drug-likeness (QED) is 0.573. The van der Waals surface area contributed by atoms with E-state index in [2.05, 4.69) is 5.32 Å². The van der Waals surface area contributed by atoms with Gasteiger partial charge in [0.05, 0.1) is 11.9 Å². The van der Waals surface area contributed by atoms with Gasteiger partial charge in [0.2, 0.25) is 21.8 Å². The number of hydrogen-bond acceptors (Lipinski definition) is 4. The Kier molecular flexibility index (Phi) is 9.05. The summed E-state index contributed by atoms with van der Waals surface area (Å²) in [5, 5.41) is 2.92. The summed E-state index contributed by atoms with van der Waals surface area (Å²) in [6.07, 6.45) is 1.84. The normalized spacial score (nSPS) is 13.2. The van der Waals surface area contributed by atoms with Crippen LogP contribution in [-0.4, -0.2) is 50.0 Å². The van der Waals surface area contributed by atoms with Gasteiger partial charge in [-0.05, 0) is 57.4 Å². The summed E-state index contributed by atoms with van der Waals surface area (Å²) >= 11 is 0. The number of anilines is 1. The fourth-order valence-electron chi connectivity index (χ4n) is 3.34. The summed E-state index contributed by atoms with van der Waals surface area (Å²) in [6.45, 7) is 9.20. The molecule has 0 saturated carbocycles. The maximum atomic E-state index is 13.5. The number of sulfonamides is 1. The van der Waals surface area contributed by atoms with E-state index in [0.717, 1.165) is 33.7 Å². The van der Waals surface area contributed by atoms with Crippen molar-refractivity contribution in [2.45, 2.75) is 59.7 Å². The number of aryl methyl sites for hydroxylation is 2. The van der Waals surface area contributed by atoms with E-state index in [1.165, 1.54) is 4.90 Å². The Labute approximate surface area is 197 Å². The Balaban J connectivity index is 2.39. The zero-order chi connectivity index (χ0) is 24.8. The highest BCUT2D eigenvalue weighted by molar-refractivity contribution is 7.92. The Morgan fingerprint density at radius 1 is 1.00 bits per heavy atom. The van der Waals surface area contributed by atoms with Crippen molar-refractivity contribution in [2.75, 3.05) is 17.1 Å². The first-order valence-electron chi connectivity index (χ1n) is 11.1. The first-order valence-corrected chi connectivity index (χ1v) is 13.0. The van der Waals surface area contributed by atoms with E-state index in [4.69, 9.17) is 0 Å². The molecule has 2 aromatic rings. The van der Waals surface area contributed by atoms with Crippen LogP contribution in [-0.2, 0) is 26.2 Å². The molecule has 0 unspecified atom stereocenters. The summed E-state index contributed by atoms with van der Waals surface area (Å²) < 4.78 is 26.2. The molecule has 7 nitrogen and oxygen atoms in total. The van der Waals surface area contributed by atoms with Crippen molar-refractivity contribution in [3.8, 4) is 0 Å². The lowest BCUT2D eigenvalue weighted by Crippen LogP contribution is -2.52. The lowest BCUT2D eigenvalue weighted by Gasteiger charge is -2.32. The van der Waals surface area contributed by atoms with Crippen LogP contribution in [0.2, 0.25) is 0 Å². The van der Waals surface area contributed by atoms with Crippen LogP contribution in [0.3, 0.4) is 0 Å². The number of amides is 2. The van der Waals surface area contributed by atoms with Gasteiger partial charge < -0.3 is 10.2 Å². The largest absolute Gasteiger partial charge is 0.352 e. The van der Waals surface area contributed by atoms with Gasteiger partial charge in [-0.2, -0.15) is 0 Å². The molecule has 0 aliphatic rings. The third kappa shape index (κ3) is 7.32. The molecule has 2 aromatic carbocycles. The molecule has 0 bridgehead atoms. The van der Waals surface area contributed by atoms with Crippen molar-refractivity contribution in [3.63, 3.8) is 0 Å². The fourth-order valence-corrected chi connectivity index (χ4v) is 4.19. The molecule has 0 fully saturated rings. The molecular weight excluding hydrogens is 438 g/mol. The summed E-state index contributed by atoms with van der Waals surface area (Å²) in [7, 11) is -3.72. The second kappa shape index (κ2) is 11.3. The van der Waals surface area contributed by atoms with Crippen molar-refractivity contribution in [3.05, 3.63) is 65.2 Å². The molecule has 0 saturated heterocycles. The number of hydrogen-bond donors (Lipinski definition) is 1. The highest BCUT2D eigenvalue weighted by Gasteiger charge is 2.30. The maximum absolute atomic E-state index is 13.5. The van der Waals surface area contributed by atoms with Crippen molar-refractivity contribution in [2.24, 2.45) is 0 Å². The van der Waals surface area contributed by atoms with Crippen LogP contribution in [0.5, 0.6) is 0 Å². The van der Waals surface area contributed by atoms with Gasteiger partial charge in [-0.25, -0.2) is 8.42 Å². The molecule has 0 heterocycles. The summed E-state index contributed by atoms with van der Waals surface area (Å²) in [5.41, 5.74) is 3.28. The summed E-state index contributed by atoms with van der Waals surface area (Å²) in [5.74, 6) is -0.719. The highest BCUT2D eigenvalue weighted by atomic mass is 32.2. The molecule has 8 heteroatoms. The second-order valence-electron chi connectivity index (χ2n) is 8.55. The third-order valence-electron chi connectivity index (χ3n) is 5.77. The van der Waals surface area contributed by atoms with E-state index >= 15 is 0 Å². The van der Waals surface area contributed by atoms with Crippen molar-refractivity contribution in [1.82, 2.24) is 10.2 Å². The standard InChI is InChI=1S/C25H35N3O4S/c1-7-20(4)26-25(30)21(5)27(16-22-11-9-8-10-19(22)3)24(29)17-28(33(6,31)32)23-14-12-18(2)13-15-23/h8-15,20-21H,7,16-17H2,1-6H3,(H,26,30)/t20-,21+/m0/s1. The van der Waals surface area contributed by atoms with Crippen LogP contribution in [0, 0.1) is 13.8 Å². The second-order valence-corrected chi connectivity index (χ2v) is 10.5. The summed E-state index contributed by atoms with van der Waals surface area (Å²) in [4.78, 5) is 27.8. The number of rotatable bonds is 10. The van der Waals surface area contributed by atoms with Gasteiger partial charge >= 0.3 is 0 Å². The minimum atomic E-state index is -3.72. The smallest absolute Gasteiger partial charge is 0.244 e. The predicted octanol–water partition coefficient (Wildman–Crippen LogP) is 3.40. The Hall–Kier alpha value is -2.87. The van der Waals surface area contributed by atoms with Gasteiger partial charge in [0, 0.05) is 12.6 Å². The number of benzene rings is 2. The minimum absolute atomic E-state index is 0.0320. The molecule has 0 spiro atoms. The Bertz CT molecular complexity index is 1070. The fraction of sp³-hybridized carbons (Fsp3) is 0.440. The van der Waals surface area contributed by atoms with E-state index in [-0.39, 0.29) is 18.5 Å². The van der Waals surface area contributed by atoms with E-state index in [1.54, 1.807) is 31.2 Å². The van der Waals surface area contributed by atoms with Crippen LogP contribution in [0.15, 0.2) is 48.5 Å². The predicted molar refractivity (Wildman–Crippen MR) is 132 cm³/mol. The number of carbonyl (C=O) groups excluding carboxylic acids is 2. The Morgan fingerprint density at radius 2 is 1.61 bits per heavy atom. The van der Waals surface area contributed by atoms with Gasteiger partial charge in [-0.1, -0.05) is 48.9 Å². The van der Waals surface area contributed by atoms with Crippen molar-refractivity contribution < 1.29 is 18.0 Å². The molecule has 1 N–H and O–H groups in total. The molecule has 2 amide bonds. The molecule has 33 heavy (non-hydrogen) atoms. The van der Waals surface area contributed by atoms with Gasteiger partial charge in [-0.3, -0.25) is 13.9 Å². The molecule has 0 aromatic heterocycles. The molecule has 0 aliphatic carbocycles. The molecule has 2 atom stereocenters. The van der Waals surface area contributed by atoms with Gasteiger partial charge in [0.1, 0.15) is 12.6 Å². The molecular formula is C25H35N3O4S. The lowest BCUT2D eigenvalue weighted by atomic mass is 10.1. The van der Waals surface area contributed by atoms with E-state index in [1.807, 2.05) is 52.0 Å². The zero-order valence-electron chi connectivity index (χ0n) is 20.3. The lowest BCUT2D eigenvalue weighted by molar-refractivity contribution is -0.139. The molecule has 0 radical (unpaired) electrons. The van der Waals surface area contributed by atoms with Crippen LogP contribution >= 0.6 is 0 Å². The zero-order valence-corrected chi connectivity index (χ0v) is 21.1. The number of carbonyl (C=O) groups is 2. The molecule has 0 aliphatic heterocycles. The topological polar surface area (TPSA) is 86.8 Å². The first-order chi connectivity index (χ1) is 15.4. The first kappa shape index (κ1) is 26.4. The van der Waals surface area contributed by atoms with E-state index < -0.39 is 28.5 Å². The average Bonchev–Trinajstić information content (AvgIpc) is 2.76. The summed E-state index contributed by atoms with van der Waals surface area (Å²) in [6, 6.07) is 13.8. The number of nitrogens with zero attached hydrogens (tertiary/aromatic N) is 2. The number of nitrogens with one attached hydrogen (secondary N) is 1. The molecule has 2 rings (SSSR count). The van der Waals surface area contributed by atoms with Crippen LogP contribution in [0.1, 0.15) is 43.9 Å². The monoisotopic (exact) mass is 473 g/mol. The van der Waals surface area contributed by atoms with E-state index in [9.17, 15) is 18.0 Å². The minimum Gasteiger partial charge on any atom is -0.352 e. The average molecular weight is 474 g/mol. The maximum Gasteiger partial charge on any atom is 0.244 e. The van der Waals surface area contributed by atoms with Crippen molar-refractivity contribution >= 4 is 27.5 Å². The van der Waals surface area contributed by atoms with Gasteiger partial charge in [-0.15, -0.1) is 0 Å². The Morgan fingerprint density at radius 3 is 2.15 bits per heavy atom. The van der Waals surface area contributed by atoms with Crippen LogP contribution in [0.25, 0.3) is 0 Å². The van der Waals surface area contributed by atoms with Crippen molar-refractivity contribution in [1.29, 1.82) is 0 Å².